The molecule has 3 rings (SSSR count). The standard InChI is InChI=1S/C19H19ClFN3O2S/c1-12(2)7-13-8-17(26-19(25)23-18-22-5-6-27-18)24(10-13)11-14-9-15(21)3-4-16(14)20/h3-6,8-10,12H,7,11H2,1-2H3,(H,22,23,25). The number of hydrogen-bond acceptors (Lipinski definition) is 4. The summed E-state index contributed by atoms with van der Waals surface area (Å²) in [6, 6.07) is 6.02. The summed E-state index contributed by atoms with van der Waals surface area (Å²) in [5.74, 6) is 0.434. The Balaban J connectivity index is 1.83. The Morgan fingerprint density at radius 1 is 1.41 bits per heavy atom. The summed E-state index contributed by atoms with van der Waals surface area (Å²) < 4.78 is 20.8. The molecule has 0 bridgehead atoms. The van der Waals surface area contributed by atoms with Gasteiger partial charge < -0.3 is 9.30 Å². The van der Waals surface area contributed by atoms with Crippen molar-refractivity contribution in [1.82, 2.24) is 9.55 Å². The van der Waals surface area contributed by atoms with Crippen LogP contribution in [0.4, 0.5) is 14.3 Å². The van der Waals surface area contributed by atoms with E-state index in [1.807, 2.05) is 12.3 Å². The highest BCUT2D eigenvalue weighted by Crippen LogP contribution is 2.25. The smallest absolute Gasteiger partial charge is 0.393 e. The van der Waals surface area contributed by atoms with E-state index < -0.39 is 6.09 Å². The Labute approximate surface area is 165 Å². The number of ether oxygens (including phenoxy) is 1. The molecule has 0 fully saturated rings. The van der Waals surface area contributed by atoms with E-state index in [2.05, 4.69) is 24.1 Å². The molecule has 1 aromatic carbocycles. The van der Waals surface area contributed by atoms with Crippen LogP contribution in [0.5, 0.6) is 5.88 Å². The molecule has 0 spiro atoms. The van der Waals surface area contributed by atoms with Gasteiger partial charge >= 0.3 is 6.09 Å². The number of thiazole rings is 1. The second kappa shape index (κ2) is 8.54. The highest BCUT2D eigenvalue weighted by Gasteiger charge is 2.15. The molecule has 0 saturated heterocycles. The van der Waals surface area contributed by atoms with Gasteiger partial charge in [-0.15, -0.1) is 11.3 Å². The predicted octanol–water partition coefficient (Wildman–Crippen LogP) is 5.59. The number of halogens is 2. The Morgan fingerprint density at radius 2 is 2.22 bits per heavy atom. The molecule has 1 amide bonds. The molecule has 0 aliphatic heterocycles. The molecule has 27 heavy (non-hydrogen) atoms. The summed E-state index contributed by atoms with van der Waals surface area (Å²) in [7, 11) is 0. The van der Waals surface area contributed by atoms with E-state index in [1.165, 1.54) is 29.5 Å². The van der Waals surface area contributed by atoms with Gasteiger partial charge in [-0.1, -0.05) is 25.4 Å². The normalized spacial score (nSPS) is 11.0. The first-order valence-electron chi connectivity index (χ1n) is 8.42. The van der Waals surface area contributed by atoms with Crippen LogP contribution in [0, 0.1) is 11.7 Å². The lowest BCUT2D eigenvalue weighted by Crippen LogP contribution is -2.18. The van der Waals surface area contributed by atoms with Gasteiger partial charge in [0.2, 0.25) is 5.88 Å². The van der Waals surface area contributed by atoms with E-state index >= 15 is 0 Å². The van der Waals surface area contributed by atoms with E-state index in [1.54, 1.807) is 16.1 Å². The summed E-state index contributed by atoms with van der Waals surface area (Å²) >= 11 is 7.48. The van der Waals surface area contributed by atoms with Crippen molar-refractivity contribution in [2.45, 2.75) is 26.8 Å². The second-order valence-corrected chi connectivity index (χ2v) is 7.80. The van der Waals surface area contributed by atoms with Gasteiger partial charge in [0.05, 0.1) is 6.54 Å². The fraction of sp³-hybridized carbons (Fsp3) is 0.263. The fourth-order valence-corrected chi connectivity index (χ4v) is 3.37. The lowest BCUT2D eigenvalue weighted by molar-refractivity contribution is 0.211. The molecule has 1 N–H and O–H groups in total. The largest absolute Gasteiger partial charge is 0.420 e. The first kappa shape index (κ1) is 19.4. The van der Waals surface area contributed by atoms with Crippen LogP contribution >= 0.6 is 22.9 Å². The number of aromatic nitrogens is 2. The maximum Gasteiger partial charge on any atom is 0.420 e. The van der Waals surface area contributed by atoms with E-state index in [0.717, 1.165) is 12.0 Å². The number of anilines is 1. The predicted molar refractivity (Wildman–Crippen MR) is 105 cm³/mol. The molecular weight excluding hydrogens is 389 g/mol. The number of rotatable bonds is 6. The van der Waals surface area contributed by atoms with Crippen LogP contribution in [-0.2, 0) is 13.0 Å². The van der Waals surface area contributed by atoms with Crippen LogP contribution in [-0.4, -0.2) is 15.6 Å². The minimum absolute atomic E-state index is 0.286. The summed E-state index contributed by atoms with van der Waals surface area (Å²) in [5, 5.41) is 5.24. The van der Waals surface area contributed by atoms with Crippen LogP contribution in [0.1, 0.15) is 25.0 Å². The van der Waals surface area contributed by atoms with Crippen LogP contribution < -0.4 is 10.1 Å². The topological polar surface area (TPSA) is 56.1 Å². The van der Waals surface area contributed by atoms with Gasteiger partial charge in [-0.05, 0) is 41.7 Å². The average molecular weight is 408 g/mol. The SMILES string of the molecule is CC(C)Cc1cc(OC(=O)Nc2nccs2)n(Cc2cc(F)ccc2Cl)c1. The van der Waals surface area contributed by atoms with Crippen LogP contribution in [0.15, 0.2) is 42.0 Å². The van der Waals surface area contributed by atoms with Gasteiger partial charge in [-0.25, -0.2) is 14.2 Å². The van der Waals surface area contributed by atoms with Crippen LogP contribution in [0.3, 0.4) is 0 Å². The van der Waals surface area contributed by atoms with Crippen molar-refractivity contribution in [3.63, 3.8) is 0 Å². The molecule has 3 aromatic rings. The summed E-state index contributed by atoms with van der Waals surface area (Å²) in [6.45, 7) is 4.50. The minimum Gasteiger partial charge on any atom is -0.393 e. The highest BCUT2D eigenvalue weighted by atomic mass is 35.5. The molecule has 5 nitrogen and oxygen atoms in total. The number of carbonyl (C=O) groups excluding carboxylic acids is 1. The van der Waals surface area contributed by atoms with Gasteiger partial charge in [0.1, 0.15) is 5.82 Å². The molecule has 0 aliphatic rings. The Morgan fingerprint density at radius 3 is 2.93 bits per heavy atom. The van der Waals surface area contributed by atoms with E-state index in [9.17, 15) is 9.18 Å². The fourth-order valence-electron chi connectivity index (χ4n) is 2.68. The van der Waals surface area contributed by atoms with Gasteiger partial charge in [0.15, 0.2) is 5.13 Å². The van der Waals surface area contributed by atoms with Gasteiger partial charge in [0, 0.05) is 28.9 Å². The number of amides is 1. The maximum atomic E-state index is 13.6. The second-order valence-electron chi connectivity index (χ2n) is 6.50. The number of carbonyl (C=O) groups is 1. The molecule has 0 aliphatic carbocycles. The zero-order valence-electron chi connectivity index (χ0n) is 14.9. The molecule has 0 atom stereocenters. The van der Waals surface area contributed by atoms with E-state index in [0.29, 0.717) is 27.5 Å². The lowest BCUT2D eigenvalue weighted by Gasteiger charge is -2.11. The lowest BCUT2D eigenvalue weighted by atomic mass is 10.1. The highest BCUT2D eigenvalue weighted by molar-refractivity contribution is 7.13. The van der Waals surface area contributed by atoms with E-state index in [4.69, 9.17) is 16.3 Å². The third kappa shape index (κ3) is 5.30. The van der Waals surface area contributed by atoms with Crippen molar-refractivity contribution in [3.8, 4) is 5.88 Å². The molecular formula is C19H19ClFN3O2S. The summed E-state index contributed by atoms with van der Waals surface area (Å²) in [6.07, 6.45) is 3.68. The van der Waals surface area contributed by atoms with Crippen LogP contribution in [0.25, 0.3) is 0 Å². The van der Waals surface area contributed by atoms with Crippen molar-refractivity contribution in [1.29, 1.82) is 0 Å². The zero-order chi connectivity index (χ0) is 19.4. The average Bonchev–Trinajstić information content (AvgIpc) is 3.21. The molecule has 8 heteroatoms. The van der Waals surface area contributed by atoms with Crippen molar-refractivity contribution in [3.05, 3.63) is 64.0 Å². The van der Waals surface area contributed by atoms with Crippen molar-refractivity contribution < 1.29 is 13.9 Å². The van der Waals surface area contributed by atoms with Crippen LogP contribution in [0.2, 0.25) is 5.02 Å². The van der Waals surface area contributed by atoms with Gasteiger partial charge in [-0.3, -0.25) is 5.32 Å². The van der Waals surface area contributed by atoms with Crippen molar-refractivity contribution >= 4 is 34.2 Å². The molecule has 0 saturated carbocycles. The zero-order valence-corrected chi connectivity index (χ0v) is 16.5. The molecule has 2 aromatic heterocycles. The van der Waals surface area contributed by atoms with Crippen molar-refractivity contribution in [2.24, 2.45) is 5.92 Å². The quantitative estimate of drug-likeness (QED) is 0.579. The first-order valence-corrected chi connectivity index (χ1v) is 9.68. The third-order valence-corrected chi connectivity index (χ3v) is 4.80. The van der Waals surface area contributed by atoms with E-state index in [-0.39, 0.29) is 12.4 Å². The Bertz CT molecular complexity index is 925. The summed E-state index contributed by atoms with van der Waals surface area (Å²) in [5.41, 5.74) is 1.63. The van der Waals surface area contributed by atoms with Gasteiger partial charge in [-0.2, -0.15) is 0 Å². The monoisotopic (exact) mass is 407 g/mol. The molecule has 0 unspecified atom stereocenters. The van der Waals surface area contributed by atoms with Gasteiger partial charge in [0.25, 0.3) is 0 Å². The number of nitrogens with one attached hydrogen (secondary N) is 1. The first-order chi connectivity index (χ1) is 12.9. The number of nitrogens with zero attached hydrogens (tertiary/aromatic N) is 2. The Kier molecular flexibility index (Phi) is 6.13. The molecule has 142 valence electrons. The minimum atomic E-state index is -0.634. The van der Waals surface area contributed by atoms with Crippen molar-refractivity contribution in [2.75, 3.05) is 5.32 Å². The molecule has 0 radical (unpaired) electrons. The number of benzene rings is 1. The maximum absolute atomic E-state index is 13.6. The number of hydrogen-bond donors (Lipinski definition) is 1. The molecule has 2 heterocycles. The summed E-state index contributed by atoms with van der Waals surface area (Å²) in [4.78, 5) is 16.2. The third-order valence-electron chi connectivity index (χ3n) is 3.74. The Hall–Kier alpha value is -2.38.